The number of carbonyl (C=O) groups is 2. The molecule has 2 heterocycles. The molecule has 0 saturated carbocycles. The normalized spacial score (nSPS) is 10.4. The third kappa shape index (κ3) is 4.92. The molecule has 0 aliphatic heterocycles. The van der Waals surface area contributed by atoms with Gasteiger partial charge in [-0.25, -0.2) is 0 Å². The van der Waals surface area contributed by atoms with E-state index < -0.39 is 0 Å². The van der Waals surface area contributed by atoms with E-state index in [0.29, 0.717) is 34.5 Å². The summed E-state index contributed by atoms with van der Waals surface area (Å²) in [7, 11) is 1.59. The van der Waals surface area contributed by atoms with Gasteiger partial charge in [-0.2, -0.15) is 0 Å². The Kier molecular flexibility index (Phi) is 6.33. The topological polar surface area (TPSA) is 89.8 Å². The van der Waals surface area contributed by atoms with Crippen molar-refractivity contribution in [3.8, 4) is 11.5 Å². The molecule has 3 aromatic rings. The van der Waals surface area contributed by atoms with E-state index >= 15 is 0 Å². The van der Waals surface area contributed by atoms with Crippen LogP contribution >= 0.6 is 11.3 Å². The third-order valence-electron chi connectivity index (χ3n) is 3.80. The first-order chi connectivity index (χ1) is 13.6. The summed E-state index contributed by atoms with van der Waals surface area (Å²) in [5.41, 5.74) is 0.783. The fourth-order valence-corrected chi connectivity index (χ4v) is 3.44. The number of methoxy groups -OCH3 is 1. The molecule has 0 fully saturated rings. The molecule has 0 radical (unpaired) electrons. The number of rotatable bonds is 8. The predicted molar refractivity (Wildman–Crippen MR) is 107 cm³/mol. The number of furan rings is 1. The highest BCUT2D eigenvalue weighted by Gasteiger charge is 2.16. The molecule has 2 aromatic heterocycles. The number of anilines is 1. The van der Waals surface area contributed by atoms with E-state index in [1.165, 1.54) is 17.6 Å². The van der Waals surface area contributed by atoms with E-state index in [4.69, 9.17) is 13.9 Å². The Morgan fingerprint density at radius 2 is 1.93 bits per heavy atom. The Hall–Kier alpha value is -3.26. The maximum absolute atomic E-state index is 12.4. The molecule has 0 aliphatic carbocycles. The average molecular weight is 400 g/mol. The van der Waals surface area contributed by atoms with Crippen LogP contribution in [0.15, 0.2) is 53.1 Å². The lowest BCUT2D eigenvalue weighted by Crippen LogP contribution is -2.27. The lowest BCUT2D eigenvalue weighted by atomic mass is 10.3. The van der Waals surface area contributed by atoms with Crippen LogP contribution in [0.4, 0.5) is 5.00 Å². The van der Waals surface area contributed by atoms with Crippen LogP contribution in [0, 0.1) is 6.92 Å². The van der Waals surface area contributed by atoms with Gasteiger partial charge in [-0.1, -0.05) is 6.07 Å². The zero-order valence-electron chi connectivity index (χ0n) is 15.5. The minimum absolute atomic E-state index is 0.213. The first-order valence-corrected chi connectivity index (χ1v) is 9.39. The summed E-state index contributed by atoms with van der Waals surface area (Å²) >= 11 is 1.21. The van der Waals surface area contributed by atoms with Gasteiger partial charge in [0.05, 0.1) is 29.8 Å². The fourth-order valence-electron chi connectivity index (χ4n) is 2.46. The molecular formula is C20H20N2O5S. The van der Waals surface area contributed by atoms with Crippen LogP contribution in [0.3, 0.4) is 0 Å². The molecule has 3 rings (SSSR count). The molecule has 0 bridgehead atoms. The van der Waals surface area contributed by atoms with Gasteiger partial charge in [0.2, 0.25) is 0 Å². The highest BCUT2D eigenvalue weighted by molar-refractivity contribution is 7.18. The quantitative estimate of drug-likeness (QED) is 0.563. The summed E-state index contributed by atoms with van der Waals surface area (Å²) < 4.78 is 15.8. The maximum atomic E-state index is 12.4. The van der Waals surface area contributed by atoms with Crippen molar-refractivity contribution in [1.29, 1.82) is 0 Å². The Labute approximate surface area is 166 Å². The second-order valence-electron chi connectivity index (χ2n) is 5.84. The Balaban J connectivity index is 1.50. The molecule has 8 heteroatoms. The number of thiophene rings is 1. The van der Waals surface area contributed by atoms with Crippen LogP contribution in [0.1, 0.15) is 25.8 Å². The SMILES string of the molecule is COc1cccc(OCCNC(=O)c2sc(NC(=O)c3ccco3)cc2C)c1. The lowest BCUT2D eigenvalue weighted by Gasteiger charge is -2.08. The van der Waals surface area contributed by atoms with E-state index in [-0.39, 0.29) is 17.6 Å². The van der Waals surface area contributed by atoms with Crippen molar-refractivity contribution in [3.05, 3.63) is 64.9 Å². The van der Waals surface area contributed by atoms with E-state index in [0.717, 1.165) is 5.56 Å². The fraction of sp³-hybridized carbons (Fsp3) is 0.200. The summed E-state index contributed by atoms with van der Waals surface area (Å²) in [6.07, 6.45) is 1.43. The summed E-state index contributed by atoms with van der Waals surface area (Å²) in [6, 6.07) is 12.2. The van der Waals surface area contributed by atoms with Gasteiger partial charge in [0.15, 0.2) is 5.76 Å². The van der Waals surface area contributed by atoms with Crippen LogP contribution in [-0.4, -0.2) is 32.1 Å². The van der Waals surface area contributed by atoms with Gasteiger partial charge in [-0.05, 0) is 42.8 Å². The van der Waals surface area contributed by atoms with Crippen molar-refractivity contribution < 1.29 is 23.5 Å². The van der Waals surface area contributed by atoms with E-state index in [2.05, 4.69) is 10.6 Å². The molecule has 0 unspecified atom stereocenters. The zero-order valence-corrected chi connectivity index (χ0v) is 16.3. The molecule has 0 saturated heterocycles. The molecule has 28 heavy (non-hydrogen) atoms. The molecule has 0 atom stereocenters. The van der Waals surface area contributed by atoms with Crippen molar-refractivity contribution in [2.24, 2.45) is 0 Å². The molecular weight excluding hydrogens is 380 g/mol. The van der Waals surface area contributed by atoms with Crippen LogP contribution in [-0.2, 0) is 0 Å². The molecule has 0 aliphatic rings. The third-order valence-corrected chi connectivity index (χ3v) is 4.95. The van der Waals surface area contributed by atoms with E-state index in [1.54, 1.807) is 31.4 Å². The highest BCUT2D eigenvalue weighted by atomic mass is 32.1. The number of nitrogens with one attached hydrogen (secondary N) is 2. The summed E-state index contributed by atoms with van der Waals surface area (Å²) in [4.78, 5) is 25.0. The molecule has 2 N–H and O–H groups in total. The summed E-state index contributed by atoms with van der Waals surface area (Å²) in [6.45, 7) is 2.49. The number of amides is 2. The highest BCUT2D eigenvalue weighted by Crippen LogP contribution is 2.27. The summed E-state index contributed by atoms with van der Waals surface area (Å²) in [5.74, 6) is 1.02. The number of hydrogen-bond acceptors (Lipinski definition) is 6. The minimum Gasteiger partial charge on any atom is -0.497 e. The Bertz CT molecular complexity index is 949. The van der Waals surface area contributed by atoms with Crippen molar-refractivity contribution in [3.63, 3.8) is 0 Å². The van der Waals surface area contributed by atoms with E-state index in [9.17, 15) is 9.59 Å². The standard InChI is InChI=1S/C20H20N2O5S/c1-13-11-17(22-19(23)16-7-4-9-27-16)28-18(13)20(24)21-8-10-26-15-6-3-5-14(12-15)25-2/h3-7,9,11-12H,8,10H2,1-2H3,(H,21,24)(H,22,23). The number of hydrogen-bond donors (Lipinski definition) is 2. The minimum atomic E-state index is -0.357. The average Bonchev–Trinajstić information content (AvgIpc) is 3.35. The van der Waals surface area contributed by atoms with Gasteiger partial charge >= 0.3 is 0 Å². The number of aryl methyl sites for hydroxylation is 1. The zero-order chi connectivity index (χ0) is 19.9. The van der Waals surface area contributed by atoms with Crippen LogP contribution in [0.5, 0.6) is 11.5 Å². The van der Waals surface area contributed by atoms with Crippen LogP contribution in [0.25, 0.3) is 0 Å². The molecule has 2 amide bonds. The number of carbonyl (C=O) groups excluding carboxylic acids is 2. The van der Waals surface area contributed by atoms with Crippen molar-refractivity contribution in [2.75, 3.05) is 25.6 Å². The number of benzene rings is 1. The summed E-state index contributed by atoms with van der Waals surface area (Å²) in [5, 5.41) is 6.13. The number of ether oxygens (including phenoxy) is 2. The molecule has 146 valence electrons. The van der Waals surface area contributed by atoms with Crippen molar-refractivity contribution in [1.82, 2.24) is 5.32 Å². The van der Waals surface area contributed by atoms with Crippen LogP contribution < -0.4 is 20.1 Å². The van der Waals surface area contributed by atoms with Crippen molar-refractivity contribution in [2.45, 2.75) is 6.92 Å². The largest absolute Gasteiger partial charge is 0.497 e. The molecule has 1 aromatic carbocycles. The smallest absolute Gasteiger partial charge is 0.291 e. The predicted octanol–water partition coefficient (Wildman–Crippen LogP) is 3.72. The van der Waals surface area contributed by atoms with Gasteiger partial charge in [-0.15, -0.1) is 11.3 Å². The van der Waals surface area contributed by atoms with Crippen molar-refractivity contribution >= 4 is 28.2 Å². The first-order valence-electron chi connectivity index (χ1n) is 8.57. The van der Waals surface area contributed by atoms with Gasteiger partial charge in [0.25, 0.3) is 11.8 Å². The van der Waals surface area contributed by atoms with Gasteiger partial charge < -0.3 is 24.5 Å². The Morgan fingerprint density at radius 1 is 1.11 bits per heavy atom. The van der Waals surface area contributed by atoms with E-state index in [1.807, 2.05) is 25.1 Å². The van der Waals surface area contributed by atoms with Gasteiger partial charge in [-0.3, -0.25) is 9.59 Å². The Morgan fingerprint density at radius 3 is 2.68 bits per heavy atom. The molecule has 7 nitrogen and oxygen atoms in total. The maximum Gasteiger partial charge on any atom is 0.291 e. The first kappa shape index (κ1) is 19.5. The second kappa shape index (κ2) is 9.09. The molecule has 0 spiro atoms. The lowest BCUT2D eigenvalue weighted by molar-refractivity contribution is 0.0949. The monoisotopic (exact) mass is 400 g/mol. The second-order valence-corrected chi connectivity index (χ2v) is 6.89. The van der Waals surface area contributed by atoms with Gasteiger partial charge in [0.1, 0.15) is 18.1 Å². The van der Waals surface area contributed by atoms with Gasteiger partial charge in [0, 0.05) is 6.07 Å². The van der Waals surface area contributed by atoms with Crippen LogP contribution in [0.2, 0.25) is 0 Å².